The average Bonchev–Trinajstić information content (AvgIpc) is 2.70. The van der Waals surface area contributed by atoms with E-state index < -0.39 is 0 Å². The van der Waals surface area contributed by atoms with Gasteiger partial charge in [0.1, 0.15) is 5.82 Å². The van der Waals surface area contributed by atoms with Crippen LogP contribution in [0, 0.1) is 5.82 Å². The summed E-state index contributed by atoms with van der Waals surface area (Å²) >= 11 is 0. The molecule has 0 bridgehead atoms. The summed E-state index contributed by atoms with van der Waals surface area (Å²) in [5.74, 6) is 0.302. The van der Waals surface area contributed by atoms with E-state index in [-0.39, 0.29) is 24.2 Å². The molecule has 0 radical (unpaired) electrons. The van der Waals surface area contributed by atoms with E-state index in [0.717, 1.165) is 49.6 Å². The van der Waals surface area contributed by atoms with Crippen LogP contribution >= 0.6 is 0 Å². The third kappa shape index (κ3) is 4.10. The van der Waals surface area contributed by atoms with Crippen LogP contribution in [0.3, 0.4) is 0 Å². The predicted molar refractivity (Wildman–Crippen MR) is 102 cm³/mol. The van der Waals surface area contributed by atoms with Crippen LogP contribution in [-0.2, 0) is 17.6 Å². The van der Waals surface area contributed by atoms with Crippen molar-refractivity contribution in [2.24, 2.45) is 0 Å². The molecule has 1 saturated heterocycles. The highest BCUT2D eigenvalue weighted by molar-refractivity contribution is 5.79. The Morgan fingerprint density at radius 3 is 2.81 bits per heavy atom. The van der Waals surface area contributed by atoms with Crippen molar-refractivity contribution >= 4 is 11.9 Å². The lowest BCUT2D eigenvalue weighted by molar-refractivity contribution is -0.121. The van der Waals surface area contributed by atoms with Crippen molar-refractivity contribution in [3.63, 3.8) is 0 Å². The molecule has 0 spiro atoms. The maximum absolute atomic E-state index is 13.8. The molecule has 4 rings (SSSR count). The molecule has 1 aromatic carbocycles. The zero-order valence-electron chi connectivity index (χ0n) is 15.5. The highest BCUT2D eigenvalue weighted by Crippen LogP contribution is 2.29. The number of benzene rings is 1. The van der Waals surface area contributed by atoms with Crippen molar-refractivity contribution in [2.75, 3.05) is 18.0 Å². The van der Waals surface area contributed by atoms with Gasteiger partial charge in [-0.3, -0.25) is 4.79 Å². The van der Waals surface area contributed by atoms with E-state index in [4.69, 9.17) is 4.98 Å². The van der Waals surface area contributed by atoms with Gasteiger partial charge in [0.2, 0.25) is 11.9 Å². The first kappa shape index (κ1) is 17.9. The fraction of sp³-hybridized carbons (Fsp3) is 0.476. The number of anilines is 1. The minimum absolute atomic E-state index is 0.0469. The van der Waals surface area contributed by atoms with Crippen LogP contribution in [-0.4, -0.2) is 29.0 Å². The lowest BCUT2D eigenvalue weighted by atomic mass is 9.92. The Hall–Kier alpha value is -2.50. The predicted octanol–water partition coefficient (Wildman–Crippen LogP) is 3.34. The third-order valence-corrected chi connectivity index (χ3v) is 5.45. The largest absolute Gasteiger partial charge is 0.349 e. The summed E-state index contributed by atoms with van der Waals surface area (Å²) in [6, 6.07) is 6.32. The Labute approximate surface area is 159 Å². The fourth-order valence-electron chi connectivity index (χ4n) is 3.99. The minimum Gasteiger partial charge on any atom is -0.349 e. The second kappa shape index (κ2) is 8.03. The van der Waals surface area contributed by atoms with E-state index in [0.29, 0.717) is 5.56 Å². The van der Waals surface area contributed by atoms with Crippen LogP contribution in [0.15, 0.2) is 30.5 Å². The zero-order valence-corrected chi connectivity index (χ0v) is 15.5. The molecular weight excluding hydrogens is 343 g/mol. The number of halogens is 1. The smallest absolute Gasteiger partial charge is 0.225 e. The number of aromatic nitrogens is 2. The van der Waals surface area contributed by atoms with Gasteiger partial charge >= 0.3 is 0 Å². The number of piperidine rings is 1. The topological polar surface area (TPSA) is 58.1 Å². The molecule has 1 aliphatic heterocycles. The molecule has 0 unspecified atom stereocenters. The summed E-state index contributed by atoms with van der Waals surface area (Å²) in [4.78, 5) is 24.1. The van der Waals surface area contributed by atoms with Gasteiger partial charge in [-0.15, -0.1) is 0 Å². The molecule has 2 aromatic rings. The number of hydrogen-bond donors (Lipinski definition) is 1. The quantitative estimate of drug-likeness (QED) is 0.899. The first-order valence-corrected chi connectivity index (χ1v) is 9.84. The van der Waals surface area contributed by atoms with E-state index in [1.807, 2.05) is 6.20 Å². The molecule has 0 saturated carbocycles. The summed E-state index contributed by atoms with van der Waals surface area (Å²) in [5, 5.41) is 3.05. The molecule has 5 nitrogen and oxygen atoms in total. The molecule has 1 atom stereocenters. The monoisotopic (exact) mass is 368 g/mol. The Bertz CT molecular complexity index is 820. The van der Waals surface area contributed by atoms with Crippen LogP contribution < -0.4 is 10.2 Å². The van der Waals surface area contributed by atoms with Crippen LogP contribution in [0.1, 0.15) is 55.0 Å². The molecule has 27 heavy (non-hydrogen) atoms. The normalized spacial score (nSPS) is 19.4. The van der Waals surface area contributed by atoms with Crippen LogP contribution in [0.4, 0.5) is 10.3 Å². The number of hydrogen-bond acceptors (Lipinski definition) is 4. The van der Waals surface area contributed by atoms with Crippen LogP contribution in [0.5, 0.6) is 0 Å². The Kier molecular flexibility index (Phi) is 5.32. The van der Waals surface area contributed by atoms with Gasteiger partial charge in [-0.1, -0.05) is 18.2 Å². The van der Waals surface area contributed by atoms with E-state index in [1.165, 1.54) is 25.3 Å². The maximum Gasteiger partial charge on any atom is 0.225 e. The lowest BCUT2D eigenvalue weighted by Crippen LogP contribution is -2.34. The molecule has 1 fully saturated rings. The Morgan fingerprint density at radius 1 is 1.19 bits per heavy atom. The number of amides is 1. The molecule has 2 aliphatic rings. The van der Waals surface area contributed by atoms with Crippen molar-refractivity contribution < 1.29 is 9.18 Å². The van der Waals surface area contributed by atoms with Gasteiger partial charge in [0, 0.05) is 24.8 Å². The van der Waals surface area contributed by atoms with Gasteiger partial charge in [0.05, 0.1) is 18.2 Å². The molecule has 1 N–H and O–H groups in total. The molecule has 1 amide bonds. The second-order valence-corrected chi connectivity index (χ2v) is 7.40. The van der Waals surface area contributed by atoms with Gasteiger partial charge in [0.25, 0.3) is 0 Å². The zero-order chi connectivity index (χ0) is 18.6. The summed E-state index contributed by atoms with van der Waals surface area (Å²) < 4.78 is 13.8. The van der Waals surface area contributed by atoms with Crippen molar-refractivity contribution in [1.29, 1.82) is 0 Å². The van der Waals surface area contributed by atoms with Crippen molar-refractivity contribution in [3.05, 3.63) is 53.1 Å². The molecule has 1 aromatic heterocycles. The van der Waals surface area contributed by atoms with Crippen molar-refractivity contribution in [3.8, 4) is 0 Å². The Morgan fingerprint density at radius 2 is 2.00 bits per heavy atom. The number of carbonyl (C=O) groups excluding carboxylic acids is 1. The second-order valence-electron chi connectivity index (χ2n) is 7.40. The molecule has 142 valence electrons. The van der Waals surface area contributed by atoms with Crippen LogP contribution in [0.25, 0.3) is 0 Å². The van der Waals surface area contributed by atoms with Gasteiger partial charge in [-0.2, -0.15) is 0 Å². The molecule has 1 aliphatic carbocycles. The first-order chi connectivity index (χ1) is 13.2. The standard InChI is InChI=1S/C21H25FN4O/c22-17-8-3-2-7-15(17)13-20(27)24-18-9-6-10-19-16(18)14-23-21(25-19)26-11-4-1-5-12-26/h2-3,7-8,14,18H,1,4-6,9-13H2,(H,24,27)/t18-/m1/s1. The SMILES string of the molecule is O=C(Cc1ccccc1F)N[C@@H]1CCCc2nc(N3CCCCC3)ncc21. The van der Waals surface area contributed by atoms with Crippen LogP contribution in [0.2, 0.25) is 0 Å². The van der Waals surface area contributed by atoms with Crippen molar-refractivity contribution in [2.45, 2.75) is 51.0 Å². The highest BCUT2D eigenvalue weighted by atomic mass is 19.1. The van der Waals surface area contributed by atoms with E-state index in [1.54, 1.807) is 18.2 Å². The maximum atomic E-state index is 13.8. The number of aryl methyl sites for hydroxylation is 1. The molecule has 6 heteroatoms. The van der Waals surface area contributed by atoms with Crippen molar-refractivity contribution in [1.82, 2.24) is 15.3 Å². The van der Waals surface area contributed by atoms with E-state index >= 15 is 0 Å². The number of fused-ring (bicyclic) bond motifs is 1. The average molecular weight is 368 g/mol. The van der Waals surface area contributed by atoms with Gasteiger partial charge < -0.3 is 10.2 Å². The lowest BCUT2D eigenvalue weighted by Gasteiger charge is -2.29. The highest BCUT2D eigenvalue weighted by Gasteiger charge is 2.25. The van der Waals surface area contributed by atoms with Gasteiger partial charge in [-0.25, -0.2) is 14.4 Å². The fourth-order valence-corrected chi connectivity index (χ4v) is 3.99. The third-order valence-electron chi connectivity index (χ3n) is 5.45. The number of carbonyl (C=O) groups is 1. The minimum atomic E-state index is -0.341. The van der Waals surface area contributed by atoms with Gasteiger partial charge in [-0.05, 0) is 50.2 Å². The molecule has 2 heterocycles. The summed E-state index contributed by atoms with van der Waals surface area (Å²) in [7, 11) is 0. The summed E-state index contributed by atoms with van der Waals surface area (Å²) in [6.07, 6.45) is 8.33. The number of nitrogens with one attached hydrogen (secondary N) is 1. The number of rotatable bonds is 4. The van der Waals surface area contributed by atoms with Gasteiger partial charge in [0.15, 0.2) is 0 Å². The first-order valence-electron chi connectivity index (χ1n) is 9.84. The number of nitrogens with zero attached hydrogens (tertiary/aromatic N) is 3. The molecular formula is C21H25FN4O. The summed E-state index contributed by atoms with van der Waals surface area (Å²) in [6.45, 7) is 2.03. The Balaban J connectivity index is 1.46. The van der Waals surface area contributed by atoms with E-state index in [9.17, 15) is 9.18 Å². The summed E-state index contributed by atoms with van der Waals surface area (Å²) in [5.41, 5.74) is 2.46. The van der Waals surface area contributed by atoms with E-state index in [2.05, 4.69) is 15.2 Å².